The molecule has 0 radical (unpaired) electrons. The van der Waals surface area contributed by atoms with E-state index in [9.17, 15) is 9.18 Å². The average molecular weight is 474 g/mol. The molecule has 1 heterocycles. The molecule has 0 spiro atoms. The molecule has 0 bridgehead atoms. The number of carbonyl (C=O) groups excluding carboxylic acids is 1. The van der Waals surface area contributed by atoms with Crippen LogP contribution in [0, 0.1) is 0 Å². The topological polar surface area (TPSA) is 44.8 Å². The van der Waals surface area contributed by atoms with Crippen LogP contribution in [0.2, 0.25) is 0 Å². The third-order valence-corrected chi connectivity index (χ3v) is 5.83. The Morgan fingerprint density at radius 2 is 1.80 bits per heavy atom. The monoisotopic (exact) mass is 475 g/mol. The number of hydrogen-bond acceptors (Lipinski definition) is 4. The first-order valence-electron chi connectivity index (χ1n) is 9.95. The van der Waals surface area contributed by atoms with Crippen molar-refractivity contribution in [1.29, 1.82) is 0 Å². The van der Waals surface area contributed by atoms with E-state index in [4.69, 9.17) is 4.74 Å². The third-order valence-electron chi connectivity index (χ3n) is 4.88. The fourth-order valence-corrected chi connectivity index (χ4v) is 3.75. The van der Waals surface area contributed by atoms with Crippen LogP contribution < -0.4 is 10.2 Å². The number of rotatable bonds is 9. The average Bonchev–Trinajstić information content (AvgIpc) is 2.98. The van der Waals surface area contributed by atoms with Crippen LogP contribution in [0.1, 0.15) is 18.1 Å². The van der Waals surface area contributed by atoms with Crippen LogP contribution in [0.5, 0.6) is 0 Å². The van der Waals surface area contributed by atoms with Crippen molar-refractivity contribution in [2.75, 3.05) is 43.7 Å². The van der Waals surface area contributed by atoms with Gasteiger partial charge in [-0.3, -0.25) is 0 Å². The predicted octanol–water partition coefficient (Wildman–Crippen LogP) is 3.22. The molecule has 0 aliphatic carbocycles. The number of alkyl halides is 1. The fourth-order valence-electron chi connectivity index (χ4n) is 3.14. The van der Waals surface area contributed by atoms with Crippen molar-refractivity contribution in [1.82, 2.24) is 4.90 Å². The first kappa shape index (κ1) is 22.2. The molecule has 30 heavy (non-hydrogen) atoms. The Bertz CT molecular complexity index is 913. The number of likely N-dealkylation sites (N-methyl/N-ethyl adjacent to an activating group) is 1. The summed E-state index contributed by atoms with van der Waals surface area (Å²) in [6.07, 6.45) is 2.85. The number of nitrogens with zero attached hydrogens (tertiary/aromatic N) is 2. The fraction of sp³-hybridized carbons (Fsp3) is 0.304. The molecule has 2 aromatic rings. The van der Waals surface area contributed by atoms with E-state index in [2.05, 4.69) is 27.8 Å². The van der Waals surface area contributed by atoms with Gasteiger partial charge in [-0.1, -0.05) is 0 Å². The molecule has 1 fully saturated rings. The van der Waals surface area contributed by atoms with Gasteiger partial charge in [0.15, 0.2) is 0 Å². The van der Waals surface area contributed by atoms with Crippen molar-refractivity contribution in [3.8, 4) is 0 Å². The van der Waals surface area contributed by atoms with Crippen LogP contribution in [0.4, 0.5) is 15.8 Å². The maximum absolute atomic E-state index is 13.1. The molecule has 3 rings (SSSR count). The number of carbonyl (C=O) groups is 1. The number of nitrogens with one attached hydrogen (secondary N) is 1. The molecule has 0 unspecified atom stereocenters. The quantitative estimate of drug-likeness (QED) is 0.345. The van der Waals surface area contributed by atoms with E-state index >= 15 is 0 Å². The van der Waals surface area contributed by atoms with Gasteiger partial charge in [0.05, 0.1) is 6.61 Å². The Balaban J connectivity index is 1.70. The summed E-state index contributed by atoms with van der Waals surface area (Å²) in [5, 5.41) is 3.22. The van der Waals surface area contributed by atoms with E-state index < -0.39 is 6.67 Å². The molecule has 0 saturated carbocycles. The van der Waals surface area contributed by atoms with Gasteiger partial charge in [-0.2, -0.15) is 0 Å². The number of benzene rings is 2. The van der Waals surface area contributed by atoms with Crippen LogP contribution in [0.25, 0.3) is 6.08 Å². The summed E-state index contributed by atoms with van der Waals surface area (Å²) in [5.74, 6) is -0.0669. The van der Waals surface area contributed by atoms with Crippen molar-refractivity contribution in [3.05, 3.63) is 65.4 Å². The van der Waals surface area contributed by atoms with Crippen molar-refractivity contribution in [3.63, 3.8) is 0 Å². The number of anilines is 2. The van der Waals surface area contributed by atoms with Crippen LogP contribution in [0.15, 0.2) is 54.2 Å². The first-order valence-corrected chi connectivity index (χ1v) is 10.8. The predicted molar refractivity (Wildman–Crippen MR) is 122 cm³/mol. The van der Waals surface area contributed by atoms with E-state index in [1.807, 2.05) is 66.6 Å². The Morgan fingerprint density at radius 3 is 2.43 bits per heavy atom. The molecule has 2 aromatic carbocycles. The van der Waals surface area contributed by atoms with Gasteiger partial charge in [-0.05, 0) is 0 Å². The number of amides is 1. The van der Waals surface area contributed by atoms with E-state index in [0.717, 1.165) is 28.0 Å². The summed E-state index contributed by atoms with van der Waals surface area (Å²) in [6, 6.07) is 15.9. The van der Waals surface area contributed by atoms with Crippen molar-refractivity contribution in [2.45, 2.75) is 13.3 Å². The Hall–Kier alpha value is -2.47. The minimum absolute atomic E-state index is 0.0669. The Morgan fingerprint density at radius 1 is 1.10 bits per heavy atom. The van der Waals surface area contributed by atoms with Gasteiger partial charge in [0, 0.05) is 0 Å². The van der Waals surface area contributed by atoms with E-state index in [-0.39, 0.29) is 12.5 Å². The summed E-state index contributed by atoms with van der Waals surface area (Å²) in [5.41, 5.74) is 4.56. The summed E-state index contributed by atoms with van der Waals surface area (Å²) in [4.78, 5) is 16.7. The normalized spacial score (nSPS) is 15.4. The van der Waals surface area contributed by atoms with Gasteiger partial charge < -0.3 is 0 Å². The first-order chi connectivity index (χ1) is 14.5. The van der Waals surface area contributed by atoms with Crippen LogP contribution in [-0.2, 0) is 16.0 Å². The van der Waals surface area contributed by atoms with Gasteiger partial charge >= 0.3 is 167 Å². The summed E-state index contributed by atoms with van der Waals surface area (Å²) in [7, 11) is 1.88. The van der Waals surface area contributed by atoms with Gasteiger partial charge in [0.2, 0.25) is 0 Å². The van der Waals surface area contributed by atoms with E-state index in [0.29, 0.717) is 18.8 Å². The van der Waals surface area contributed by atoms with Gasteiger partial charge in [0.1, 0.15) is 6.67 Å². The zero-order valence-electron chi connectivity index (χ0n) is 17.2. The second-order valence-corrected chi connectivity index (χ2v) is 7.65. The molecule has 158 valence electrons. The molecular weight excluding hydrogens is 448 g/mol. The van der Waals surface area contributed by atoms with Crippen LogP contribution in [-0.4, -0.2) is 64.5 Å². The molecule has 7 heteroatoms. The summed E-state index contributed by atoms with van der Waals surface area (Å²) in [6.45, 7) is 2.83. The molecule has 5 nitrogen and oxygen atoms in total. The molecule has 1 aliphatic rings. The number of hydrogen-bond donors (Lipinski definition) is 1. The third kappa shape index (κ3) is 5.17. The maximum atomic E-state index is 13.1. The van der Waals surface area contributed by atoms with Crippen LogP contribution >= 0.6 is 0 Å². The SMILES string of the molecule is CCc1ccc(N2C(=O)/C(=C\c3ccc(NCCOCCF)cc3)N(C)C2=[Se])cc1. The molecule has 1 aliphatic heterocycles. The molecule has 1 N–H and O–H groups in total. The Labute approximate surface area is 184 Å². The second kappa shape index (κ2) is 10.5. The zero-order valence-corrected chi connectivity index (χ0v) is 18.9. The van der Waals surface area contributed by atoms with Crippen molar-refractivity contribution >= 4 is 43.6 Å². The summed E-state index contributed by atoms with van der Waals surface area (Å²) >= 11 is 3.02. The molecular formula is C23H26FN3O2Se. The minimum atomic E-state index is -0.466. The second-order valence-electron chi connectivity index (χ2n) is 6.88. The van der Waals surface area contributed by atoms with Crippen molar-refractivity contribution in [2.24, 2.45) is 0 Å². The van der Waals surface area contributed by atoms with Gasteiger partial charge in [-0.15, -0.1) is 0 Å². The van der Waals surface area contributed by atoms with Crippen LogP contribution in [0.3, 0.4) is 0 Å². The van der Waals surface area contributed by atoms with Gasteiger partial charge in [0.25, 0.3) is 0 Å². The van der Waals surface area contributed by atoms with Crippen molar-refractivity contribution < 1.29 is 13.9 Å². The van der Waals surface area contributed by atoms with E-state index in [1.54, 1.807) is 4.90 Å². The van der Waals surface area contributed by atoms with E-state index in [1.165, 1.54) is 5.56 Å². The Kier molecular flexibility index (Phi) is 7.80. The number of halogens is 1. The van der Waals surface area contributed by atoms with Gasteiger partial charge in [-0.25, -0.2) is 4.39 Å². The zero-order chi connectivity index (χ0) is 21.5. The number of ether oxygens (including phenoxy) is 1. The standard InChI is InChI=1S/C23H26FN3O2Se/c1-3-17-6-10-20(11-7-17)27-22(28)21(26(2)23(27)30)16-18-4-8-19(9-5-18)25-13-15-29-14-12-24/h4-11,16,25H,3,12-15H2,1-2H3/b21-16+. The number of aryl methyl sites for hydroxylation is 1. The molecule has 1 amide bonds. The molecule has 0 aromatic heterocycles. The summed E-state index contributed by atoms with van der Waals surface area (Å²) < 4.78 is 17.9. The molecule has 0 atom stereocenters. The molecule has 1 saturated heterocycles.